The molecule has 28 heavy (non-hydrogen) atoms. The summed E-state index contributed by atoms with van der Waals surface area (Å²) < 4.78 is 2.45. The van der Waals surface area contributed by atoms with E-state index in [2.05, 4.69) is 72.8 Å². The van der Waals surface area contributed by atoms with Crippen LogP contribution in [0.4, 0.5) is 0 Å². The molecule has 2 heterocycles. The van der Waals surface area contributed by atoms with Gasteiger partial charge in [0.05, 0.1) is 20.4 Å². The Morgan fingerprint density at radius 3 is 1.43 bits per heavy atom. The number of rotatable bonds is 2. The van der Waals surface area contributed by atoms with Crippen LogP contribution in [0.15, 0.2) is 84.9 Å². The van der Waals surface area contributed by atoms with Gasteiger partial charge in [0.2, 0.25) is 0 Å². The van der Waals surface area contributed by atoms with Gasteiger partial charge in [-0.25, -0.2) is 9.97 Å². The maximum absolute atomic E-state index is 4.79. The Balaban J connectivity index is 1.43. The lowest BCUT2D eigenvalue weighted by Crippen LogP contribution is -1.81. The number of nitrogens with zero attached hydrogens (tertiary/aromatic N) is 2. The fraction of sp³-hybridized carbons (Fsp3) is 0. The summed E-state index contributed by atoms with van der Waals surface area (Å²) in [5.74, 6) is 0. The van der Waals surface area contributed by atoms with Crippen molar-refractivity contribution >= 4 is 53.9 Å². The van der Waals surface area contributed by atoms with Crippen molar-refractivity contribution in [1.29, 1.82) is 0 Å². The zero-order chi connectivity index (χ0) is 18.5. The number of thiazole rings is 2. The van der Waals surface area contributed by atoms with Crippen molar-refractivity contribution in [3.05, 3.63) is 84.9 Å². The van der Waals surface area contributed by atoms with E-state index in [9.17, 15) is 0 Å². The van der Waals surface area contributed by atoms with E-state index in [0.29, 0.717) is 0 Å². The lowest BCUT2D eigenvalue weighted by atomic mass is 10.0. The van der Waals surface area contributed by atoms with E-state index in [0.717, 1.165) is 21.0 Å². The molecule has 0 fully saturated rings. The first-order chi connectivity index (χ1) is 13.8. The first kappa shape index (κ1) is 15.9. The van der Waals surface area contributed by atoms with E-state index in [1.54, 1.807) is 22.7 Å². The third-order valence-corrected chi connectivity index (χ3v) is 7.09. The first-order valence-electron chi connectivity index (χ1n) is 9.09. The monoisotopic (exact) mass is 394 g/mol. The minimum absolute atomic E-state index is 1.06. The molecule has 0 spiro atoms. The van der Waals surface area contributed by atoms with Crippen LogP contribution in [0.25, 0.3) is 52.3 Å². The molecule has 0 amide bonds. The third-order valence-electron chi connectivity index (χ3n) is 4.92. The average Bonchev–Trinajstić information content (AvgIpc) is 3.37. The molecular formula is C24H14N2S2. The molecular weight excluding hydrogens is 380 g/mol. The van der Waals surface area contributed by atoms with Gasteiger partial charge in [0, 0.05) is 11.1 Å². The normalized spacial score (nSPS) is 11.6. The summed E-state index contributed by atoms with van der Waals surface area (Å²) in [6.07, 6.45) is 0. The van der Waals surface area contributed by atoms with Gasteiger partial charge in [-0.05, 0) is 47.2 Å². The van der Waals surface area contributed by atoms with Gasteiger partial charge in [-0.15, -0.1) is 22.7 Å². The summed E-state index contributed by atoms with van der Waals surface area (Å²) in [7, 11) is 0. The Kier molecular flexibility index (Phi) is 3.54. The van der Waals surface area contributed by atoms with Gasteiger partial charge in [-0.1, -0.05) is 48.5 Å². The molecule has 6 aromatic rings. The molecule has 0 N–H and O–H groups in total. The second-order valence-corrected chi connectivity index (χ2v) is 8.81. The lowest BCUT2D eigenvalue weighted by molar-refractivity contribution is 1.48. The fourth-order valence-corrected chi connectivity index (χ4v) is 5.43. The van der Waals surface area contributed by atoms with Crippen LogP contribution in [0.2, 0.25) is 0 Å². The van der Waals surface area contributed by atoms with Crippen molar-refractivity contribution in [1.82, 2.24) is 9.97 Å². The molecule has 6 rings (SSSR count). The fourth-order valence-electron chi connectivity index (χ4n) is 3.50. The number of hydrogen-bond acceptors (Lipinski definition) is 4. The molecule has 0 aliphatic carbocycles. The molecule has 132 valence electrons. The Bertz CT molecular complexity index is 1300. The molecule has 0 aliphatic rings. The molecule has 2 nitrogen and oxygen atoms in total. The molecule has 0 atom stereocenters. The lowest BCUT2D eigenvalue weighted by Gasteiger charge is -2.03. The van der Waals surface area contributed by atoms with Gasteiger partial charge < -0.3 is 0 Å². The molecule has 0 aliphatic heterocycles. The van der Waals surface area contributed by atoms with Crippen LogP contribution in [0.3, 0.4) is 0 Å². The summed E-state index contributed by atoms with van der Waals surface area (Å²) in [5, 5.41) is 4.58. The highest BCUT2D eigenvalue weighted by molar-refractivity contribution is 7.22. The second-order valence-electron chi connectivity index (χ2n) is 6.75. The Morgan fingerprint density at radius 2 is 0.964 bits per heavy atom. The van der Waals surface area contributed by atoms with Crippen LogP contribution in [0.1, 0.15) is 0 Å². The molecule has 0 bridgehead atoms. The van der Waals surface area contributed by atoms with Crippen molar-refractivity contribution in [2.24, 2.45) is 0 Å². The quantitative estimate of drug-likeness (QED) is 0.306. The van der Waals surface area contributed by atoms with E-state index >= 15 is 0 Å². The highest BCUT2D eigenvalue weighted by Gasteiger charge is 2.09. The Labute approximate surface area is 169 Å². The minimum atomic E-state index is 1.06. The number of para-hydroxylation sites is 2. The summed E-state index contributed by atoms with van der Waals surface area (Å²) in [4.78, 5) is 9.58. The SMILES string of the molecule is c1ccc2sc(-c3ccc4cc(-c5nc6ccccc6s5)ccc4c3)nc2c1. The van der Waals surface area contributed by atoms with Crippen molar-refractivity contribution in [2.45, 2.75) is 0 Å². The number of benzene rings is 4. The Hall–Kier alpha value is -3.08. The zero-order valence-corrected chi connectivity index (χ0v) is 16.4. The smallest absolute Gasteiger partial charge is 0.124 e. The van der Waals surface area contributed by atoms with Crippen LogP contribution < -0.4 is 0 Å². The second kappa shape index (κ2) is 6.23. The zero-order valence-electron chi connectivity index (χ0n) is 14.8. The highest BCUT2D eigenvalue weighted by Crippen LogP contribution is 2.34. The topological polar surface area (TPSA) is 25.8 Å². The molecule has 0 saturated heterocycles. The maximum Gasteiger partial charge on any atom is 0.124 e. The molecule has 4 aromatic carbocycles. The van der Waals surface area contributed by atoms with Crippen LogP contribution in [-0.2, 0) is 0 Å². The van der Waals surface area contributed by atoms with Gasteiger partial charge in [-0.2, -0.15) is 0 Å². The van der Waals surface area contributed by atoms with E-state index < -0.39 is 0 Å². The summed E-state index contributed by atoms with van der Waals surface area (Å²) >= 11 is 3.48. The van der Waals surface area contributed by atoms with E-state index in [1.165, 1.54) is 31.3 Å². The van der Waals surface area contributed by atoms with Crippen LogP contribution >= 0.6 is 22.7 Å². The molecule has 0 saturated carbocycles. The molecule has 0 radical (unpaired) electrons. The van der Waals surface area contributed by atoms with Crippen molar-refractivity contribution < 1.29 is 0 Å². The Morgan fingerprint density at radius 1 is 0.500 bits per heavy atom. The average molecular weight is 395 g/mol. The van der Waals surface area contributed by atoms with Crippen molar-refractivity contribution in [3.8, 4) is 21.1 Å². The van der Waals surface area contributed by atoms with Crippen LogP contribution in [0.5, 0.6) is 0 Å². The number of hydrogen-bond donors (Lipinski definition) is 0. The van der Waals surface area contributed by atoms with Crippen LogP contribution in [-0.4, -0.2) is 9.97 Å². The molecule has 4 heteroatoms. The minimum Gasteiger partial charge on any atom is -0.236 e. The number of fused-ring (bicyclic) bond motifs is 3. The largest absolute Gasteiger partial charge is 0.236 e. The van der Waals surface area contributed by atoms with E-state index in [4.69, 9.17) is 9.97 Å². The summed E-state index contributed by atoms with van der Waals surface area (Å²) in [5.41, 5.74) is 4.46. The van der Waals surface area contributed by atoms with Crippen LogP contribution in [0, 0.1) is 0 Å². The predicted octanol–water partition coefficient (Wildman–Crippen LogP) is 7.39. The summed E-state index contributed by atoms with van der Waals surface area (Å²) in [6.45, 7) is 0. The van der Waals surface area contributed by atoms with Gasteiger partial charge in [0.1, 0.15) is 10.0 Å². The van der Waals surface area contributed by atoms with Gasteiger partial charge in [0.15, 0.2) is 0 Å². The van der Waals surface area contributed by atoms with E-state index in [-0.39, 0.29) is 0 Å². The maximum atomic E-state index is 4.79. The van der Waals surface area contributed by atoms with Crippen molar-refractivity contribution in [2.75, 3.05) is 0 Å². The summed E-state index contributed by atoms with van der Waals surface area (Å²) in [6, 6.07) is 29.8. The van der Waals surface area contributed by atoms with E-state index in [1.807, 2.05) is 12.1 Å². The third kappa shape index (κ3) is 2.61. The molecule has 2 aromatic heterocycles. The van der Waals surface area contributed by atoms with Gasteiger partial charge >= 0.3 is 0 Å². The number of aromatic nitrogens is 2. The first-order valence-corrected chi connectivity index (χ1v) is 10.7. The standard InChI is InChI=1S/C24H14N2S2/c1-3-7-21-19(5-1)25-23(27-21)17-11-9-16-14-18(12-10-15(16)13-17)24-26-20-6-2-4-8-22(20)28-24/h1-14H. The van der Waals surface area contributed by atoms with Gasteiger partial charge in [-0.3, -0.25) is 0 Å². The highest BCUT2D eigenvalue weighted by atomic mass is 32.1. The molecule has 0 unspecified atom stereocenters. The predicted molar refractivity (Wildman–Crippen MR) is 121 cm³/mol. The van der Waals surface area contributed by atoms with Gasteiger partial charge in [0.25, 0.3) is 0 Å². The van der Waals surface area contributed by atoms with Crippen molar-refractivity contribution in [3.63, 3.8) is 0 Å².